The Bertz CT molecular complexity index is 1230. The fourth-order valence-corrected chi connectivity index (χ4v) is 3.88. The van der Waals surface area contributed by atoms with Crippen molar-refractivity contribution in [3.05, 3.63) is 94.6 Å². The lowest BCUT2D eigenvalue weighted by Crippen LogP contribution is -2.23. The van der Waals surface area contributed by atoms with E-state index in [0.717, 1.165) is 28.7 Å². The molecule has 3 rings (SSSR count). The van der Waals surface area contributed by atoms with Gasteiger partial charge < -0.3 is 15.2 Å². The molecule has 5 nitrogen and oxygen atoms in total. The van der Waals surface area contributed by atoms with Crippen LogP contribution in [-0.2, 0) is 11.3 Å². The van der Waals surface area contributed by atoms with Crippen LogP contribution < -0.4 is 10.1 Å². The molecule has 0 aromatic heterocycles. The number of phenolic OH excluding ortho intramolecular Hbond substituents is 1. The van der Waals surface area contributed by atoms with Crippen molar-refractivity contribution in [2.24, 2.45) is 0 Å². The summed E-state index contributed by atoms with van der Waals surface area (Å²) in [6.45, 7) is 4.48. The summed E-state index contributed by atoms with van der Waals surface area (Å²) in [6, 6.07) is 14.8. The Kier molecular flexibility index (Phi) is 8.55. The van der Waals surface area contributed by atoms with E-state index in [9.17, 15) is 15.2 Å². The number of carbonyl (C=O) groups is 1. The van der Waals surface area contributed by atoms with Crippen LogP contribution >= 0.6 is 12.2 Å². The summed E-state index contributed by atoms with van der Waals surface area (Å²) in [5, 5.41) is 25.0. The highest BCUT2D eigenvalue weighted by Gasteiger charge is 2.20. The first kappa shape index (κ1) is 24.7. The van der Waals surface area contributed by atoms with E-state index in [-0.39, 0.29) is 17.1 Å². The highest BCUT2D eigenvalue weighted by molar-refractivity contribution is 7.78. The molecular weight excluding hydrogens is 444 g/mol. The molecule has 0 bridgehead atoms. The van der Waals surface area contributed by atoms with Crippen LogP contribution in [0.3, 0.4) is 0 Å². The number of carbonyl (C=O) groups excluding carboxylic acids is 1. The quantitative estimate of drug-likeness (QED) is 0.280. The van der Waals surface area contributed by atoms with Crippen molar-refractivity contribution in [3.8, 4) is 17.6 Å². The summed E-state index contributed by atoms with van der Waals surface area (Å²) in [4.78, 5) is 12.6. The third-order valence-corrected chi connectivity index (χ3v) is 5.73. The predicted molar refractivity (Wildman–Crippen MR) is 139 cm³/mol. The van der Waals surface area contributed by atoms with Gasteiger partial charge in [-0.3, -0.25) is 4.79 Å². The number of nitriles is 1. The molecule has 1 aliphatic rings. The van der Waals surface area contributed by atoms with Crippen LogP contribution in [-0.4, -0.2) is 23.5 Å². The van der Waals surface area contributed by atoms with Gasteiger partial charge in [0.15, 0.2) is 11.5 Å². The molecule has 0 aliphatic heterocycles. The van der Waals surface area contributed by atoms with Crippen LogP contribution in [0.1, 0.15) is 36.0 Å². The smallest absolute Gasteiger partial charge is 0.262 e. The van der Waals surface area contributed by atoms with E-state index in [1.165, 1.54) is 13.2 Å². The Hall–Kier alpha value is -3.95. The van der Waals surface area contributed by atoms with Crippen LogP contribution in [0.15, 0.2) is 77.9 Å². The largest absolute Gasteiger partial charge is 0.504 e. The zero-order chi connectivity index (χ0) is 24.5. The first-order valence-electron chi connectivity index (χ1n) is 10.8. The molecular formula is C28H26N2O3S. The number of nitrogens with zero attached hydrogens (tertiary/aromatic N) is 1. The number of allylic oxidation sites excluding steroid dienone is 5. The summed E-state index contributed by atoms with van der Waals surface area (Å²) in [5.74, 6) is -0.246. The molecule has 2 N–H and O–H groups in total. The molecule has 0 saturated carbocycles. The average Bonchev–Trinajstić information content (AvgIpc) is 2.86. The minimum atomic E-state index is -0.480. The summed E-state index contributed by atoms with van der Waals surface area (Å²) in [6.07, 6.45) is 7.57. The third kappa shape index (κ3) is 5.89. The Morgan fingerprint density at radius 1 is 1.32 bits per heavy atom. The Morgan fingerprint density at radius 3 is 2.76 bits per heavy atom. The third-order valence-electron chi connectivity index (χ3n) is 5.49. The number of benzene rings is 2. The molecule has 34 heavy (non-hydrogen) atoms. The highest BCUT2D eigenvalue weighted by atomic mass is 32.1. The van der Waals surface area contributed by atoms with E-state index in [0.29, 0.717) is 30.5 Å². The number of hydrogen-bond donors (Lipinski definition) is 2. The van der Waals surface area contributed by atoms with Crippen molar-refractivity contribution in [1.29, 1.82) is 5.26 Å². The van der Waals surface area contributed by atoms with E-state index in [4.69, 9.17) is 17.0 Å². The van der Waals surface area contributed by atoms with Gasteiger partial charge in [-0.1, -0.05) is 61.3 Å². The van der Waals surface area contributed by atoms with Gasteiger partial charge in [0, 0.05) is 12.1 Å². The van der Waals surface area contributed by atoms with E-state index in [1.54, 1.807) is 17.5 Å². The number of amides is 1. The topological polar surface area (TPSA) is 82.4 Å². The van der Waals surface area contributed by atoms with Crippen LogP contribution in [0.2, 0.25) is 0 Å². The fraction of sp³-hybridized carbons (Fsp3) is 0.179. The maximum Gasteiger partial charge on any atom is 0.262 e. The number of nitrogens with one attached hydrogen (secondary N) is 1. The molecule has 1 amide bonds. The van der Waals surface area contributed by atoms with Crippen molar-refractivity contribution in [1.82, 2.24) is 5.32 Å². The molecule has 0 unspecified atom stereocenters. The number of ether oxygens (including phenoxy) is 1. The fourth-order valence-electron chi connectivity index (χ4n) is 3.76. The SMILES string of the molecule is C=C1CC=CC(c2cc(C=C(C#N)C(=O)NCc3ccccc3)cc(OC)c2O)=C1CCC=S. The molecule has 2 aromatic carbocycles. The first-order valence-corrected chi connectivity index (χ1v) is 11.3. The van der Waals surface area contributed by atoms with Crippen molar-refractivity contribution in [2.45, 2.75) is 25.8 Å². The number of rotatable bonds is 9. The van der Waals surface area contributed by atoms with Crippen molar-refractivity contribution in [2.75, 3.05) is 7.11 Å². The van der Waals surface area contributed by atoms with Gasteiger partial charge in [0.2, 0.25) is 0 Å². The Morgan fingerprint density at radius 2 is 2.09 bits per heavy atom. The van der Waals surface area contributed by atoms with Crippen LogP contribution in [0.5, 0.6) is 11.5 Å². The summed E-state index contributed by atoms with van der Waals surface area (Å²) in [7, 11) is 1.46. The summed E-state index contributed by atoms with van der Waals surface area (Å²) >= 11 is 5.00. The van der Waals surface area contributed by atoms with Gasteiger partial charge in [-0.2, -0.15) is 5.26 Å². The van der Waals surface area contributed by atoms with Crippen molar-refractivity contribution >= 4 is 35.1 Å². The number of phenols is 1. The second-order valence-electron chi connectivity index (χ2n) is 7.77. The predicted octanol–water partition coefficient (Wildman–Crippen LogP) is 5.67. The number of hydrogen-bond acceptors (Lipinski definition) is 5. The molecule has 0 radical (unpaired) electrons. The van der Waals surface area contributed by atoms with Crippen LogP contribution in [0, 0.1) is 11.3 Å². The molecule has 2 aromatic rings. The molecule has 0 atom stereocenters. The lowest BCUT2D eigenvalue weighted by molar-refractivity contribution is -0.117. The maximum absolute atomic E-state index is 12.6. The van der Waals surface area contributed by atoms with Gasteiger partial charge in [-0.25, -0.2) is 0 Å². The second kappa shape index (κ2) is 11.8. The molecule has 0 heterocycles. The van der Waals surface area contributed by atoms with Gasteiger partial charge in [0.25, 0.3) is 5.91 Å². The average molecular weight is 471 g/mol. The van der Waals surface area contributed by atoms with Gasteiger partial charge in [0.1, 0.15) is 11.6 Å². The molecule has 1 aliphatic carbocycles. The van der Waals surface area contributed by atoms with E-state index in [1.807, 2.05) is 48.6 Å². The molecule has 0 spiro atoms. The van der Waals surface area contributed by atoms with Crippen molar-refractivity contribution < 1.29 is 14.6 Å². The maximum atomic E-state index is 12.6. The summed E-state index contributed by atoms with van der Waals surface area (Å²) < 4.78 is 5.39. The van der Waals surface area contributed by atoms with Gasteiger partial charge in [-0.15, -0.1) is 0 Å². The van der Waals surface area contributed by atoms with Gasteiger partial charge >= 0.3 is 0 Å². The van der Waals surface area contributed by atoms with Gasteiger partial charge in [0.05, 0.1) is 7.11 Å². The summed E-state index contributed by atoms with van der Waals surface area (Å²) in [5.41, 5.74) is 4.79. The number of aromatic hydroxyl groups is 1. The second-order valence-corrected chi connectivity index (χ2v) is 8.10. The minimum Gasteiger partial charge on any atom is -0.504 e. The molecule has 6 heteroatoms. The van der Waals surface area contributed by atoms with E-state index >= 15 is 0 Å². The Labute approximate surface area is 205 Å². The van der Waals surface area contributed by atoms with E-state index in [2.05, 4.69) is 11.9 Å². The standard InChI is InChI=1S/C28H26N2O3S/c1-19-8-6-11-24(23(19)12-7-13-34)25-15-21(16-26(33-2)27(25)31)14-22(17-29)28(32)30-18-20-9-4-3-5-10-20/h3-6,9-11,13-16,31H,1,7-8,12,18H2,2H3,(H,30,32). The first-order chi connectivity index (χ1) is 16.5. The van der Waals surface area contributed by atoms with E-state index < -0.39 is 5.91 Å². The lowest BCUT2D eigenvalue weighted by atomic mass is 9.86. The van der Waals surface area contributed by atoms with Crippen LogP contribution in [0.25, 0.3) is 11.6 Å². The lowest BCUT2D eigenvalue weighted by Gasteiger charge is -2.20. The van der Waals surface area contributed by atoms with Gasteiger partial charge in [-0.05, 0) is 70.7 Å². The van der Waals surface area contributed by atoms with Crippen molar-refractivity contribution in [3.63, 3.8) is 0 Å². The minimum absolute atomic E-state index is 0.0131. The monoisotopic (exact) mass is 470 g/mol. The van der Waals surface area contributed by atoms with Crippen LogP contribution in [0.4, 0.5) is 0 Å². The Balaban J connectivity index is 1.99. The molecule has 172 valence electrons. The highest BCUT2D eigenvalue weighted by Crippen LogP contribution is 2.41. The number of methoxy groups -OCH3 is 1. The normalized spacial score (nSPS) is 13.4. The molecule has 0 saturated heterocycles. The molecule has 0 fully saturated rings. The zero-order valence-electron chi connectivity index (χ0n) is 19.0. The number of thiocarbonyl (C=S) groups is 1. The zero-order valence-corrected chi connectivity index (χ0v) is 19.8.